The molecule has 1 saturated heterocycles. The van der Waals surface area contributed by atoms with E-state index >= 15 is 0 Å². The van der Waals surface area contributed by atoms with Crippen LogP contribution in [0, 0.1) is 13.8 Å². The van der Waals surface area contributed by atoms with E-state index in [9.17, 15) is 0 Å². The van der Waals surface area contributed by atoms with Gasteiger partial charge < -0.3 is 14.0 Å². The second-order valence-corrected chi connectivity index (χ2v) is 5.40. The number of nitrogens with zero attached hydrogens (tertiary/aromatic N) is 4. The Bertz CT molecular complexity index is 583. The summed E-state index contributed by atoms with van der Waals surface area (Å²) in [6.45, 7) is 7.54. The summed E-state index contributed by atoms with van der Waals surface area (Å²) in [5, 5.41) is 4.01. The van der Waals surface area contributed by atoms with Gasteiger partial charge in [0.15, 0.2) is 0 Å². The lowest BCUT2D eigenvalue weighted by molar-refractivity contribution is 0.0680. The topological polar surface area (TPSA) is 73.5 Å². The van der Waals surface area contributed by atoms with Crippen LogP contribution in [0.2, 0.25) is 0 Å². The van der Waals surface area contributed by atoms with Crippen LogP contribution in [0.5, 0.6) is 5.88 Å². The number of aromatic nitrogens is 3. The van der Waals surface area contributed by atoms with Crippen LogP contribution < -0.4 is 4.74 Å². The largest absolute Gasteiger partial charge is 0.469 e. The minimum Gasteiger partial charge on any atom is -0.469 e. The molecule has 7 nitrogen and oxygen atoms in total. The Kier molecular flexibility index (Phi) is 4.65. The second kappa shape index (κ2) is 6.85. The van der Waals surface area contributed by atoms with Crippen molar-refractivity contribution in [3.8, 4) is 5.88 Å². The fraction of sp³-hybridized carbons (Fsp3) is 0.533. The van der Waals surface area contributed by atoms with Crippen LogP contribution in [0.25, 0.3) is 0 Å². The number of aryl methyl sites for hydroxylation is 2. The molecule has 2 aromatic rings. The Balaban J connectivity index is 1.65. The van der Waals surface area contributed by atoms with E-state index in [1.165, 1.54) is 0 Å². The highest BCUT2D eigenvalue weighted by atomic mass is 16.5. The van der Waals surface area contributed by atoms with Crippen molar-refractivity contribution in [2.45, 2.75) is 26.5 Å². The molecule has 0 radical (unpaired) electrons. The van der Waals surface area contributed by atoms with Gasteiger partial charge >= 0.3 is 0 Å². The van der Waals surface area contributed by atoms with Crippen molar-refractivity contribution in [2.24, 2.45) is 0 Å². The van der Waals surface area contributed by atoms with Crippen molar-refractivity contribution in [3.05, 3.63) is 35.6 Å². The molecule has 0 saturated carbocycles. The first-order valence-corrected chi connectivity index (χ1v) is 7.37. The van der Waals surface area contributed by atoms with Crippen LogP contribution in [0.3, 0.4) is 0 Å². The molecule has 2 aromatic heterocycles. The van der Waals surface area contributed by atoms with Gasteiger partial charge in [0.2, 0.25) is 5.88 Å². The minimum atomic E-state index is -0.0697. The maximum atomic E-state index is 5.87. The molecular formula is C15H20N4O3. The molecule has 118 valence electrons. The van der Waals surface area contributed by atoms with Crippen molar-refractivity contribution in [3.63, 3.8) is 0 Å². The highest BCUT2D eigenvalue weighted by Crippen LogP contribution is 2.17. The summed E-state index contributed by atoms with van der Waals surface area (Å²) in [4.78, 5) is 10.5. The van der Waals surface area contributed by atoms with Crippen molar-refractivity contribution >= 4 is 0 Å². The molecule has 1 atom stereocenters. The molecular weight excluding hydrogens is 284 g/mol. The lowest BCUT2D eigenvalue weighted by Crippen LogP contribution is -2.36. The molecule has 0 unspecified atom stereocenters. The number of ether oxygens (including phenoxy) is 2. The smallest absolute Gasteiger partial charge is 0.232 e. The van der Waals surface area contributed by atoms with Gasteiger partial charge in [-0.1, -0.05) is 5.16 Å². The third-order valence-electron chi connectivity index (χ3n) is 3.71. The lowest BCUT2D eigenvalue weighted by atomic mass is 10.2. The van der Waals surface area contributed by atoms with Gasteiger partial charge in [-0.2, -0.15) is 0 Å². The van der Waals surface area contributed by atoms with E-state index in [1.807, 2.05) is 13.8 Å². The zero-order chi connectivity index (χ0) is 15.4. The first kappa shape index (κ1) is 14.9. The molecule has 3 heterocycles. The van der Waals surface area contributed by atoms with Gasteiger partial charge in [0.05, 0.1) is 25.1 Å². The third-order valence-corrected chi connectivity index (χ3v) is 3.71. The van der Waals surface area contributed by atoms with E-state index in [4.69, 9.17) is 14.0 Å². The average molecular weight is 304 g/mol. The van der Waals surface area contributed by atoms with Crippen molar-refractivity contribution in [1.29, 1.82) is 0 Å². The van der Waals surface area contributed by atoms with Crippen LogP contribution in [-0.2, 0) is 11.3 Å². The van der Waals surface area contributed by atoms with Crippen molar-refractivity contribution in [2.75, 3.05) is 26.3 Å². The number of hydrogen-bond acceptors (Lipinski definition) is 7. The minimum absolute atomic E-state index is 0.0697. The molecule has 0 amide bonds. The standard InChI is InChI=1S/C15H20N4O3/c1-11-14(12(2)22-18-11)9-19-5-6-20-10-13(8-19)21-15-7-16-3-4-17-15/h3-4,7,13H,5-6,8-10H2,1-2H3/t13-/m1/s1. The summed E-state index contributed by atoms with van der Waals surface area (Å²) in [5.41, 5.74) is 2.08. The van der Waals surface area contributed by atoms with Gasteiger partial charge in [-0.05, 0) is 13.8 Å². The molecule has 0 aromatic carbocycles. The number of hydrogen-bond donors (Lipinski definition) is 0. The maximum absolute atomic E-state index is 5.87. The lowest BCUT2D eigenvalue weighted by Gasteiger charge is -2.23. The van der Waals surface area contributed by atoms with E-state index in [1.54, 1.807) is 18.6 Å². The Hall–Kier alpha value is -1.99. The number of rotatable bonds is 4. The average Bonchev–Trinajstić information content (AvgIpc) is 2.73. The molecule has 0 spiro atoms. The fourth-order valence-electron chi connectivity index (χ4n) is 2.52. The van der Waals surface area contributed by atoms with Crippen LogP contribution in [0.1, 0.15) is 17.0 Å². The SMILES string of the molecule is Cc1noc(C)c1CN1CCOC[C@H](Oc2cnccn2)C1. The molecule has 22 heavy (non-hydrogen) atoms. The molecule has 7 heteroatoms. The van der Waals surface area contributed by atoms with Gasteiger partial charge in [-0.15, -0.1) is 0 Å². The van der Waals surface area contributed by atoms with Gasteiger partial charge in [0.25, 0.3) is 0 Å². The first-order chi connectivity index (χ1) is 10.7. The maximum Gasteiger partial charge on any atom is 0.232 e. The Morgan fingerprint density at radius 1 is 1.36 bits per heavy atom. The highest BCUT2D eigenvalue weighted by molar-refractivity contribution is 5.20. The summed E-state index contributed by atoms with van der Waals surface area (Å²) in [6.07, 6.45) is 4.79. The van der Waals surface area contributed by atoms with E-state index < -0.39 is 0 Å². The highest BCUT2D eigenvalue weighted by Gasteiger charge is 2.22. The molecule has 0 aliphatic carbocycles. The van der Waals surface area contributed by atoms with Gasteiger partial charge in [0.1, 0.15) is 11.9 Å². The molecule has 1 aliphatic rings. The fourth-order valence-corrected chi connectivity index (χ4v) is 2.52. The van der Waals surface area contributed by atoms with Gasteiger partial charge in [-0.3, -0.25) is 9.88 Å². The van der Waals surface area contributed by atoms with Crippen LogP contribution in [0.4, 0.5) is 0 Å². The van der Waals surface area contributed by atoms with Crippen LogP contribution in [-0.4, -0.2) is 52.4 Å². The quantitative estimate of drug-likeness (QED) is 0.844. The molecule has 1 fully saturated rings. The summed E-state index contributed by atoms with van der Waals surface area (Å²) in [5.74, 6) is 1.39. The Morgan fingerprint density at radius 3 is 3.00 bits per heavy atom. The van der Waals surface area contributed by atoms with Crippen molar-refractivity contribution < 1.29 is 14.0 Å². The van der Waals surface area contributed by atoms with Gasteiger partial charge in [0, 0.05) is 37.6 Å². The second-order valence-electron chi connectivity index (χ2n) is 5.40. The molecule has 0 bridgehead atoms. The zero-order valence-corrected chi connectivity index (χ0v) is 12.9. The first-order valence-electron chi connectivity index (χ1n) is 7.37. The normalized spacial score (nSPS) is 19.8. The Labute approximate surface area is 129 Å². The van der Waals surface area contributed by atoms with Gasteiger partial charge in [-0.25, -0.2) is 4.98 Å². The Morgan fingerprint density at radius 2 is 2.27 bits per heavy atom. The van der Waals surface area contributed by atoms with E-state index in [0.29, 0.717) is 19.1 Å². The monoisotopic (exact) mass is 304 g/mol. The summed E-state index contributed by atoms with van der Waals surface area (Å²) < 4.78 is 16.7. The summed E-state index contributed by atoms with van der Waals surface area (Å²) in [6, 6.07) is 0. The van der Waals surface area contributed by atoms with Crippen LogP contribution >= 0.6 is 0 Å². The van der Waals surface area contributed by atoms with Crippen LogP contribution in [0.15, 0.2) is 23.1 Å². The predicted molar refractivity (Wildman–Crippen MR) is 78.5 cm³/mol. The van der Waals surface area contributed by atoms with E-state index in [0.717, 1.165) is 36.7 Å². The summed E-state index contributed by atoms with van der Waals surface area (Å²) in [7, 11) is 0. The zero-order valence-electron chi connectivity index (χ0n) is 12.9. The summed E-state index contributed by atoms with van der Waals surface area (Å²) >= 11 is 0. The third kappa shape index (κ3) is 3.61. The molecule has 0 N–H and O–H groups in total. The van der Waals surface area contributed by atoms with Crippen molar-refractivity contribution in [1.82, 2.24) is 20.0 Å². The van der Waals surface area contributed by atoms with E-state index in [-0.39, 0.29) is 6.10 Å². The molecule has 1 aliphatic heterocycles. The molecule has 3 rings (SSSR count). The van der Waals surface area contributed by atoms with E-state index in [2.05, 4.69) is 20.0 Å². The predicted octanol–water partition coefficient (Wildman–Crippen LogP) is 1.36.